The van der Waals surface area contributed by atoms with E-state index in [0.717, 1.165) is 12.0 Å². The van der Waals surface area contributed by atoms with Crippen LogP contribution in [-0.2, 0) is 0 Å². The van der Waals surface area contributed by atoms with Crippen molar-refractivity contribution >= 4 is 11.6 Å². The third-order valence-electron chi connectivity index (χ3n) is 2.17. The standard InChI is InChI=1S/C9H10ClNO2/c10-6-3-5-7(11)1-2-13-9(5)4-8(6)12/h3-4,7,12H,1-2,11H2/t7-/m0/s1. The molecule has 0 saturated heterocycles. The maximum absolute atomic E-state index is 9.31. The van der Waals surface area contributed by atoms with Gasteiger partial charge in [-0.3, -0.25) is 0 Å². The fourth-order valence-corrected chi connectivity index (χ4v) is 1.60. The van der Waals surface area contributed by atoms with Gasteiger partial charge in [-0.1, -0.05) is 11.6 Å². The Morgan fingerprint density at radius 2 is 2.31 bits per heavy atom. The first kappa shape index (κ1) is 8.66. The summed E-state index contributed by atoms with van der Waals surface area (Å²) in [6.07, 6.45) is 0.786. The number of halogens is 1. The normalized spacial score (nSPS) is 20.6. The Bertz CT molecular complexity index is 341. The van der Waals surface area contributed by atoms with Crippen LogP contribution < -0.4 is 10.5 Å². The molecule has 1 aromatic rings. The maximum atomic E-state index is 9.31. The second-order valence-electron chi connectivity index (χ2n) is 3.09. The van der Waals surface area contributed by atoms with Crippen LogP contribution in [0.1, 0.15) is 18.0 Å². The molecule has 13 heavy (non-hydrogen) atoms. The van der Waals surface area contributed by atoms with Gasteiger partial charge in [-0.2, -0.15) is 0 Å². The van der Waals surface area contributed by atoms with E-state index in [0.29, 0.717) is 17.4 Å². The quantitative estimate of drug-likeness (QED) is 0.670. The van der Waals surface area contributed by atoms with E-state index in [-0.39, 0.29) is 11.8 Å². The highest BCUT2D eigenvalue weighted by Crippen LogP contribution is 2.37. The van der Waals surface area contributed by atoms with Gasteiger partial charge in [0, 0.05) is 24.1 Å². The maximum Gasteiger partial charge on any atom is 0.137 e. The Balaban J connectivity index is 2.52. The van der Waals surface area contributed by atoms with Gasteiger partial charge in [-0.25, -0.2) is 0 Å². The van der Waals surface area contributed by atoms with Crippen LogP contribution in [0.15, 0.2) is 12.1 Å². The minimum Gasteiger partial charge on any atom is -0.506 e. The van der Waals surface area contributed by atoms with E-state index < -0.39 is 0 Å². The molecule has 1 aliphatic rings. The summed E-state index contributed by atoms with van der Waals surface area (Å²) in [5, 5.41) is 9.63. The average molecular weight is 200 g/mol. The van der Waals surface area contributed by atoms with Crippen molar-refractivity contribution in [3.8, 4) is 11.5 Å². The number of aromatic hydroxyl groups is 1. The summed E-state index contributed by atoms with van der Waals surface area (Å²) < 4.78 is 5.33. The summed E-state index contributed by atoms with van der Waals surface area (Å²) in [6, 6.07) is 3.13. The van der Waals surface area contributed by atoms with Crippen molar-refractivity contribution in [2.45, 2.75) is 12.5 Å². The van der Waals surface area contributed by atoms with E-state index in [4.69, 9.17) is 22.1 Å². The van der Waals surface area contributed by atoms with Gasteiger partial charge in [0.05, 0.1) is 11.6 Å². The first-order chi connectivity index (χ1) is 6.18. The molecule has 0 aromatic heterocycles. The Morgan fingerprint density at radius 3 is 3.08 bits per heavy atom. The van der Waals surface area contributed by atoms with Crippen molar-refractivity contribution in [1.29, 1.82) is 0 Å². The highest BCUT2D eigenvalue weighted by molar-refractivity contribution is 6.32. The van der Waals surface area contributed by atoms with Crippen LogP contribution in [0.2, 0.25) is 5.02 Å². The molecule has 3 nitrogen and oxygen atoms in total. The monoisotopic (exact) mass is 199 g/mol. The van der Waals surface area contributed by atoms with Crippen LogP contribution >= 0.6 is 11.6 Å². The van der Waals surface area contributed by atoms with Gasteiger partial charge in [0.15, 0.2) is 0 Å². The third-order valence-corrected chi connectivity index (χ3v) is 2.47. The number of benzene rings is 1. The zero-order valence-electron chi connectivity index (χ0n) is 6.96. The van der Waals surface area contributed by atoms with Crippen LogP contribution in [-0.4, -0.2) is 11.7 Å². The lowest BCUT2D eigenvalue weighted by Crippen LogP contribution is -2.20. The van der Waals surface area contributed by atoms with E-state index in [2.05, 4.69) is 0 Å². The molecule has 2 rings (SSSR count). The van der Waals surface area contributed by atoms with Crippen LogP contribution in [0.25, 0.3) is 0 Å². The summed E-state index contributed by atoms with van der Waals surface area (Å²) in [4.78, 5) is 0. The zero-order chi connectivity index (χ0) is 9.42. The molecule has 70 valence electrons. The number of hydrogen-bond donors (Lipinski definition) is 2. The van der Waals surface area contributed by atoms with E-state index in [1.807, 2.05) is 0 Å². The van der Waals surface area contributed by atoms with E-state index in [9.17, 15) is 5.11 Å². The lowest BCUT2D eigenvalue weighted by Gasteiger charge is -2.23. The smallest absolute Gasteiger partial charge is 0.137 e. The Labute approximate surface area is 81.1 Å². The number of ether oxygens (including phenoxy) is 1. The number of phenols is 1. The second-order valence-corrected chi connectivity index (χ2v) is 3.49. The molecule has 1 heterocycles. The molecular weight excluding hydrogens is 190 g/mol. The van der Waals surface area contributed by atoms with E-state index in [1.165, 1.54) is 6.07 Å². The summed E-state index contributed by atoms with van der Waals surface area (Å²) in [6.45, 7) is 0.592. The second kappa shape index (κ2) is 3.09. The lowest BCUT2D eigenvalue weighted by molar-refractivity contribution is 0.267. The van der Waals surface area contributed by atoms with Gasteiger partial charge >= 0.3 is 0 Å². The van der Waals surface area contributed by atoms with Crippen LogP contribution in [0.5, 0.6) is 11.5 Å². The number of hydrogen-bond acceptors (Lipinski definition) is 3. The molecule has 0 unspecified atom stereocenters. The van der Waals surface area contributed by atoms with Crippen molar-refractivity contribution in [3.63, 3.8) is 0 Å². The molecule has 1 aliphatic heterocycles. The fourth-order valence-electron chi connectivity index (χ4n) is 1.42. The zero-order valence-corrected chi connectivity index (χ0v) is 7.71. The van der Waals surface area contributed by atoms with Crippen LogP contribution in [0, 0.1) is 0 Å². The first-order valence-corrected chi connectivity index (χ1v) is 4.47. The van der Waals surface area contributed by atoms with Crippen molar-refractivity contribution in [3.05, 3.63) is 22.7 Å². The van der Waals surface area contributed by atoms with Gasteiger partial charge in [0.25, 0.3) is 0 Å². The largest absolute Gasteiger partial charge is 0.506 e. The summed E-state index contributed by atoms with van der Waals surface area (Å²) in [7, 11) is 0. The molecule has 1 aromatic carbocycles. The molecular formula is C9H10ClNO2. The highest BCUT2D eigenvalue weighted by Gasteiger charge is 2.19. The molecule has 0 bridgehead atoms. The predicted molar refractivity (Wildman–Crippen MR) is 50.2 cm³/mol. The molecule has 0 aliphatic carbocycles. The van der Waals surface area contributed by atoms with Gasteiger partial charge in [0.2, 0.25) is 0 Å². The predicted octanol–water partition coefficient (Wildman–Crippen LogP) is 1.83. The lowest BCUT2D eigenvalue weighted by atomic mass is 10.0. The SMILES string of the molecule is N[C@H]1CCOc2cc(O)c(Cl)cc21. The minimum atomic E-state index is -0.0400. The first-order valence-electron chi connectivity index (χ1n) is 4.09. The Morgan fingerprint density at radius 1 is 1.54 bits per heavy atom. The van der Waals surface area contributed by atoms with Crippen molar-refractivity contribution in [1.82, 2.24) is 0 Å². The third kappa shape index (κ3) is 1.45. The Kier molecular flexibility index (Phi) is 2.06. The summed E-state index contributed by atoms with van der Waals surface area (Å²) in [5.41, 5.74) is 6.71. The van der Waals surface area contributed by atoms with Crippen molar-refractivity contribution in [2.24, 2.45) is 5.73 Å². The molecule has 1 atom stereocenters. The van der Waals surface area contributed by atoms with Gasteiger partial charge in [0.1, 0.15) is 11.5 Å². The molecule has 0 radical (unpaired) electrons. The van der Waals surface area contributed by atoms with Gasteiger partial charge in [-0.05, 0) is 6.07 Å². The summed E-state index contributed by atoms with van der Waals surface area (Å²) >= 11 is 5.75. The average Bonchev–Trinajstić information content (AvgIpc) is 2.09. The molecule has 0 fully saturated rings. The molecule has 0 saturated carbocycles. The molecule has 0 spiro atoms. The Hall–Kier alpha value is -0.930. The number of nitrogens with two attached hydrogens (primary N) is 1. The fraction of sp³-hybridized carbons (Fsp3) is 0.333. The number of phenolic OH excluding ortho intramolecular Hbond substituents is 1. The topological polar surface area (TPSA) is 55.5 Å². The molecule has 3 N–H and O–H groups in total. The molecule has 4 heteroatoms. The summed E-state index contributed by atoms with van der Waals surface area (Å²) in [5.74, 6) is 0.676. The van der Waals surface area contributed by atoms with Crippen molar-refractivity contribution < 1.29 is 9.84 Å². The van der Waals surface area contributed by atoms with E-state index in [1.54, 1.807) is 6.07 Å². The van der Waals surface area contributed by atoms with Crippen LogP contribution in [0.4, 0.5) is 0 Å². The van der Waals surface area contributed by atoms with E-state index >= 15 is 0 Å². The minimum absolute atomic E-state index is 0.0366. The van der Waals surface area contributed by atoms with Crippen LogP contribution in [0.3, 0.4) is 0 Å². The molecule has 0 amide bonds. The van der Waals surface area contributed by atoms with Crippen molar-refractivity contribution in [2.75, 3.05) is 6.61 Å². The number of fused-ring (bicyclic) bond motifs is 1. The van der Waals surface area contributed by atoms with Gasteiger partial charge < -0.3 is 15.6 Å². The number of rotatable bonds is 0. The highest BCUT2D eigenvalue weighted by atomic mass is 35.5. The van der Waals surface area contributed by atoms with Gasteiger partial charge in [-0.15, -0.1) is 0 Å².